The van der Waals surface area contributed by atoms with Gasteiger partial charge in [-0.1, -0.05) is 24.8 Å². The fourth-order valence-corrected chi connectivity index (χ4v) is 2.09. The van der Waals surface area contributed by atoms with Gasteiger partial charge in [0.1, 0.15) is 11.8 Å². The number of hydrogen-bond acceptors (Lipinski definition) is 3. The summed E-state index contributed by atoms with van der Waals surface area (Å²) < 4.78 is 30.8. The molecule has 3 nitrogen and oxygen atoms in total. The Morgan fingerprint density at radius 2 is 2.00 bits per heavy atom. The molecule has 23 heavy (non-hydrogen) atoms. The monoisotopic (exact) mass is 390 g/mol. The summed E-state index contributed by atoms with van der Waals surface area (Å²) in [4.78, 5) is 1.46. The van der Waals surface area contributed by atoms with Crippen molar-refractivity contribution in [2.24, 2.45) is 0 Å². The molecule has 0 unspecified atom stereocenters. The van der Waals surface area contributed by atoms with E-state index in [-0.39, 0.29) is 39.3 Å². The number of ether oxygens (including phenoxy) is 1. The zero-order chi connectivity index (χ0) is 16.1. The quantitative estimate of drug-likeness (QED) is 0.719. The molecule has 0 aromatic heterocycles. The fraction of sp³-hybridized carbons (Fsp3) is 0.235. The van der Waals surface area contributed by atoms with E-state index in [4.69, 9.17) is 10.00 Å². The van der Waals surface area contributed by atoms with E-state index in [1.807, 2.05) is 13.0 Å². The Hall–Kier alpha value is -1.51. The van der Waals surface area contributed by atoms with Crippen LogP contribution >= 0.6 is 0 Å². The van der Waals surface area contributed by atoms with E-state index >= 15 is 0 Å². The topological polar surface area (TPSA) is 36.3 Å². The summed E-state index contributed by atoms with van der Waals surface area (Å²) in [5.74, 6) is 0.549. The van der Waals surface area contributed by atoms with Crippen LogP contribution in [-0.2, 0) is 32.7 Å². The zero-order valence-corrected chi connectivity index (χ0v) is 15.6. The summed E-state index contributed by atoms with van der Waals surface area (Å²) >= 11 is 0. The molecule has 0 fully saturated rings. The molecular weight excluding hydrogens is 375 g/mol. The Morgan fingerprint density at radius 3 is 2.57 bits per heavy atom. The minimum Gasteiger partial charge on any atom is -0.479 e. The molecular formula is C17H15F2N2OY-. The van der Waals surface area contributed by atoms with Gasteiger partial charge in [0, 0.05) is 32.7 Å². The molecule has 1 radical (unpaired) electrons. The van der Waals surface area contributed by atoms with Gasteiger partial charge >= 0.3 is 0 Å². The van der Waals surface area contributed by atoms with Crippen molar-refractivity contribution in [2.75, 3.05) is 13.2 Å². The summed E-state index contributed by atoms with van der Waals surface area (Å²) in [6.45, 7) is 5.21. The number of nitriles is 1. The van der Waals surface area contributed by atoms with E-state index in [0.717, 1.165) is 11.1 Å². The van der Waals surface area contributed by atoms with Crippen molar-refractivity contribution in [1.82, 2.24) is 4.90 Å². The van der Waals surface area contributed by atoms with Gasteiger partial charge in [0.05, 0.1) is 6.54 Å². The molecule has 0 spiro atoms. The first-order chi connectivity index (χ1) is 10.5. The van der Waals surface area contributed by atoms with Gasteiger partial charge in [-0.3, -0.25) is 0 Å². The number of benzene rings is 1. The van der Waals surface area contributed by atoms with Crippen LogP contribution in [-0.4, -0.2) is 24.5 Å². The smallest absolute Gasteiger partial charge is 0.256 e. The maximum absolute atomic E-state index is 12.8. The van der Waals surface area contributed by atoms with Crippen LogP contribution in [0.3, 0.4) is 0 Å². The van der Waals surface area contributed by atoms with Crippen LogP contribution in [0.2, 0.25) is 0 Å². The van der Waals surface area contributed by atoms with Gasteiger partial charge in [-0.25, -0.2) is 8.78 Å². The second kappa shape index (κ2) is 8.95. The Balaban J connectivity index is 0.00000264. The average molecular weight is 390 g/mol. The number of halogens is 2. The first-order valence-corrected chi connectivity index (χ1v) is 6.68. The molecule has 0 bridgehead atoms. The third kappa shape index (κ3) is 4.99. The van der Waals surface area contributed by atoms with Crippen LogP contribution < -0.4 is 4.74 Å². The van der Waals surface area contributed by atoms with Gasteiger partial charge in [-0.2, -0.15) is 17.4 Å². The number of allylic oxidation sites excluding steroid dienone is 3. The zero-order valence-electron chi connectivity index (χ0n) is 12.7. The van der Waals surface area contributed by atoms with Crippen LogP contribution in [0.25, 0.3) is 5.70 Å². The van der Waals surface area contributed by atoms with Gasteiger partial charge < -0.3 is 9.64 Å². The molecule has 0 aliphatic carbocycles. The van der Waals surface area contributed by atoms with Crippen LogP contribution in [0.5, 0.6) is 5.75 Å². The predicted molar refractivity (Wildman–Crippen MR) is 79.8 cm³/mol. The van der Waals surface area contributed by atoms with Gasteiger partial charge in [0.15, 0.2) is 6.61 Å². The molecule has 0 atom stereocenters. The number of alkyl halides is 2. The van der Waals surface area contributed by atoms with Crippen molar-refractivity contribution in [3.8, 4) is 11.8 Å². The summed E-state index contributed by atoms with van der Waals surface area (Å²) in [7, 11) is 0. The normalized spacial score (nSPS) is 13.9. The summed E-state index contributed by atoms with van der Waals surface area (Å²) in [6.07, 6.45) is 2.29. The Labute approximate surface area is 159 Å². The second-order valence-corrected chi connectivity index (χ2v) is 4.74. The van der Waals surface area contributed by atoms with Crippen LogP contribution in [0.4, 0.5) is 8.78 Å². The average Bonchev–Trinajstić information content (AvgIpc) is 2.50. The molecule has 1 aromatic rings. The minimum atomic E-state index is -2.47. The predicted octanol–water partition coefficient (Wildman–Crippen LogP) is 3.77. The minimum absolute atomic E-state index is 0. The maximum atomic E-state index is 12.8. The SMILES string of the molecule is C=C1C(C)=C[C-]=C(c2ccc(OCC#N)cc2)N1CC(F)F.[Y]. The van der Waals surface area contributed by atoms with E-state index in [0.29, 0.717) is 17.1 Å². The molecule has 2 rings (SSSR count). The number of rotatable bonds is 5. The number of hydrogen-bond donors (Lipinski definition) is 0. The van der Waals surface area contributed by atoms with Gasteiger partial charge in [0.25, 0.3) is 6.43 Å². The van der Waals surface area contributed by atoms with Crippen LogP contribution in [0.1, 0.15) is 12.5 Å². The van der Waals surface area contributed by atoms with Crippen LogP contribution in [0.15, 0.2) is 48.2 Å². The van der Waals surface area contributed by atoms with Crippen molar-refractivity contribution in [2.45, 2.75) is 13.3 Å². The fourth-order valence-electron chi connectivity index (χ4n) is 2.09. The second-order valence-electron chi connectivity index (χ2n) is 4.74. The van der Waals surface area contributed by atoms with Crippen molar-refractivity contribution >= 4 is 5.70 Å². The van der Waals surface area contributed by atoms with Crippen molar-refractivity contribution in [3.05, 3.63) is 59.8 Å². The first-order valence-electron chi connectivity index (χ1n) is 6.68. The molecule has 0 N–H and O–H groups in total. The van der Waals surface area contributed by atoms with Gasteiger partial charge in [0.2, 0.25) is 0 Å². The van der Waals surface area contributed by atoms with E-state index < -0.39 is 13.0 Å². The Bertz CT molecular complexity index is 660. The molecule has 0 saturated carbocycles. The standard InChI is InChI=1S/C17H15F2N2O.Y/c1-12-3-8-16(21(13(12)2)11-17(18)19)14-4-6-15(7-5-14)22-10-9-20;/h3-7,17H,2,10-11H2,1H3;/q-1;. The van der Waals surface area contributed by atoms with E-state index in [1.54, 1.807) is 30.3 Å². The van der Waals surface area contributed by atoms with E-state index in [2.05, 4.69) is 12.7 Å². The molecule has 1 aromatic carbocycles. The molecule has 0 amide bonds. The molecule has 0 saturated heterocycles. The molecule has 6 heteroatoms. The van der Waals surface area contributed by atoms with Crippen molar-refractivity contribution in [3.63, 3.8) is 0 Å². The van der Waals surface area contributed by atoms with Crippen LogP contribution in [0, 0.1) is 17.4 Å². The Morgan fingerprint density at radius 1 is 1.35 bits per heavy atom. The first kappa shape index (κ1) is 19.5. The Kier molecular flexibility index (Phi) is 7.61. The molecule has 1 aliphatic heterocycles. The largest absolute Gasteiger partial charge is 0.479 e. The van der Waals surface area contributed by atoms with Gasteiger partial charge in [-0.15, -0.1) is 17.7 Å². The summed E-state index contributed by atoms with van der Waals surface area (Å²) in [5.41, 5.74) is 2.62. The van der Waals surface area contributed by atoms with E-state index in [1.165, 1.54) is 4.90 Å². The molecule has 1 heterocycles. The molecule has 1 aliphatic rings. The van der Waals surface area contributed by atoms with Crippen molar-refractivity contribution in [1.29, 1.82) is 5.26 Å². The molecule has 117 valence electrons. The third-order valence-electron chi connectivity index (χ3n) is 3.23. The summed E-state index contributed by atoms with van der Waals surface area (Å²) in [5, 5.41) is 8.48. The number of nitrogens with zero attached hydrogens (tertiary/aromatic N) is 2. The van der Waals surface area contributed by atoms with E-state index in [9.17, 15) is 8.78 Å². The maximum Gasteiger partial charge on any atom is 0.256 e. The van der Waals surface area contributed by atoms with Crippen molar-refractivity contribution < 1.29 is 46.2 Å². The third-order valence-corrected chi connectivity index (χ3v) is 3.23. The van der Waals surface area contributed by atoms with Gasteiger partial charge in [-0.05, 0) is 17.8 Å². The summed E-state index contributed by atoms with van der Waals surface area (Å²) in [6, 6.07) is 8.75.